The highest BCUT2D eigenvalue weighted by Crippen LogP contribution is 2.26. The van der Waals surface area contributed by atoms with Crippen LogP contribution in [0.5, 0.6) is 0 Å². The average Bonchev–Trinajstić information content (AvgIpc) is 2.53. The maximum absolute atomic E-state index is 12.9. The van der Waals surface area contributed by atoms with Gasteiger partial charge in [-0.3, -0.25) is 4.79 Å². The summed E-state index contributed by atoms with van der Waals surface area (Å²) in [5.41, 5.74) is 0. The van der Waals surface area contributed by atoms with Crippen molar-refractivity contribution >= 4 is 18.3 Å². The Morgan fingerprint density at radius 2 is 2.21 bits per heavy atom. The van der Waals surface area contributed by atoms with Crippen LogP contribution in [0.25, 0.3) is 0 Å². The zero-order valence-corrected chi connectivity index (χ0v) is 8.86. The molecule has 2 fully saturated rings. The van der Waals surface area contributed by atoms with Gasteiger partial charge in [-0.15, -0.1) is 12.4 Å². The van der Waals surface area contributed by atoms with Crippen molar-refractivity contribution in [3.05, 3.63) is 0 Å². The Balaban J connectivity index is 0.000000980. The van der Waals surface area contributed by atoms with Crippen LogP contribution in [-0.2, 0) is 4.79 Å². The molecule has 0 aromatic heterocycles. The first-order valence-corrected chi connectivity index (χ1v) is 4.91. The zero-order chi connectivity index (χ0) is 9.26. The van der Waals surface area contributed by atoms with Crippen molar-refractivity contribution in [2.45, 2.75) is 31.5 Å². The third-order valence-corrected chi connectivity index (χ3v) is 2.91. The molecule has 3 nitrogen and oxygen atoms in total. The summed E-state index contributed by atoms with van der Waals surface area (Å²) in [7, 11) is 0. The molecule has 1 saturated heterocycles. The topological polar surface area (TPSA) is 32.3 Å². The fraction of sp³-hybridized carbons (Fsp3) is 0.889. The predicted molar refractivity (Wildman–Crippen MR) is 54.4 cm³/mol. The molecule has 0 radical (unpaired) electrons. The van der Waals surface area contributed by atoms with E-state index in [2.05, 4.69) is 5.32 Å². The van der Waals surface area contributed by atoms with Gasteiger partial charge < -0.3 is 10.2 Å². The van der Waals surface area contributed by atoms with E-state index in [1.165, 1.54) is 0 Å². The molecule has 1 N–H and O–H groups in total. The molecule has 1 aliphatic heterocycles. The largest absolute Gasteiger partial charge is 0.337 e. The van der Waals surface area contributed by atoms with Crippen LogP contribution in [0.2, 0.25) is 0 Å². The van der Waals surface area contributed by atoms with Gasteiger partial charge >= 0.3 is 0 Å². The van der Waals surface area contributed by atoms with E-state index < -0.39 is 6.17 Å². The minimum absolute atomic E-state index is 0. The van der Waals surface area contributed by atoms with E-state index in [0.29, 0.717) is 19.4 Å². The van der Waals surface area contributed by atoms with E-state index in [1.54, 1.807) is 0 Å². The van der Waals surface area contributed by atoms with Gasteiger partial charge in [0.15, 0.2) is 0 Å². The Morgan fingerprint density at radius 1 is 1.43 bits per heavy atom. The molecule has 0 bridgehead atoms. The molecular formula is C9H16ClFN2O. The summed E-state index contributed by atoms with van der Waals surface area (Å²) in [6, 6.07) is 0.171. The molecule has 2 aliphatic rings. The number of amides is 1. The molecule has 2 rings (SSSR count). The van der Waals surface area contributed by atoms with Gasteiger partial charge in [-0.1, -0.05) is 0 Å². The van der Waals surface area contributed by atoms with Gasteiger partial charge in [0.05, 0.1) is 6.54 Å². The van der Waals surface area contributed by atoms with Gasteiger partial charge in [-0.25, -0.2) is 4.39 Å². The van der Waals surface area contributed by atoms with Crippen LogP contribution in [0, 0.1) is 0 Å². The van der Waals surface area contributed by atoms with Crippen LogP contribution < -0.4 is 5.32 Å². The molecule has 14 heavy (non-hydrogen) atoms. The number of rotatable bonds is 1. The molecule has 0 aromatic carbocycles. The van der Waals surface area contributed by atoms with Crippen LogP contribution >= 0.6 is 12.4 Å². The highest BCUT2D eigenvalue weighted by molar-refractivity contribution is 5.85. The van der Waals surface area contributed by atoms with E-state index in [0.717, 1.165) is 19.5 Å². The van der Waals surface area contributed by atoms with Gasteiger partial charge in [0, 0.05) is 19.1 Å². The van der Waals surface area contributed by atoms with Crippen molar-refractivity contribution in [3.8, 4) is 0 Å². The van der Waals surface area contributed by atoms with Gasteiger partial charge in [0.25, 0.3) is 0 Å². The molecular weight excluding hydrogens is 207 g/mol. The Kier molecular flexibility index (Phi) is 4.13. The van der Waals surface area contributed by atoms with Crippen molar-refractivity contribution in [1.29, 1.82) is 0 Å². The summed E-state index contributed by atoms with van der Waals surface area (Å²) >= 11 is 0. The van der Waals surface area contributed by atoms with E-state index in [4.69, 9.17) is 0 Å². The fourth-order valence-corrected chi connectivity index (χ4v) is 2.19. The maximum atomic E-state index is 12.9. The lowest BCUT2D eigenvalue weighted by molar-refractivity contribution is -0.134. The molecule has 1 amide bonds. The second-order valence-electron chi connectivity index (χ2n) is 3.83. The minimum Gasteiger partial charge on any atom is -0.337 e. The SMILES string of the molecule is Cl.O=C1CNCCN1C1CCC(F)C1. The molecule has 2 atom stereocenters. The zero-order valence-electron chi connectivity index (χ0n) is 8.04. The summed E-state index contributed by atoms with van der Waals surface area (Å²) in [4.78, 5) is 13.3. The lowest BCUT2D eigenvalue weighted by Crippen LogP contribution is -2.51. The van der Waals surface area contributed by atoms with Gasteiger partial charge in [-0.2, -0.15) is 0 Å². The fourth-order valence-electron chi connectivity index (χ4n) is 2.19. The molecule has 0 aromatic rings. The Morgan fingerprint density at radius 3 is 2.79 bits per heavy atom. The summed E-state index contributed by atoms with van der Waals surface area (Å²) in [6.07, 6.45) is 1.33. The first kappa shape index (κ1) is 11.7. The lowest BCUT2D eigenvalue weighted by atomic mass is 10.2. The molecule has 1 heterocycles. The van der Waals surface area contributed by atoms with Crippen LogP contribution in [-0.4, -0.2) is 42.7 Å². The maximum Gasteiger partial charge on any atom is 0.236 e. The number of piperazine rings is 1. The molecule has 1 saturated carbocycles. The number of hydrogen-bond acceptors (Lipinski definition) is 2. The Hall–Kier alpha value is -0.350. The quantitative estimate of drug-likeness (QED) is 0.710. The Bertz CT molecular complexity index is 215. The molecule has 82 valence electrons. The van der Waals surface area contributed by atoms with Gasteiger partial charge in [0.2, 0.25) is 5.91 Å². The summed E-state index contributed by atoms with van der Waals surface area (Å²) < 4.78 is 12.9. The highest BCUT2D eigenvalue weighted by atomic mass is 35.5. The van der Waals surface area contributed by atoms with Crippen molar-refractivity contribution in [1.82, 2.24) is 10.2 Å². The lowest BCUT2D eigenvalue weighted by Gasteiger charge is -2.32. The number of carbonyl (C=O) groups is 1. The van der Waals surface area contributed by atoms with Gasteiger partial charge in [0.1, 0.15) is 6.17 Å². The number of nitrogens with zero attached hydrogens (tertiary/aromatic N) is 1. The number of nitrogens with one attached hydrogen (secondary N) is 1. The van der Waals surface area contributed by atoms with E-state index in [1.807, 2.05) is 4.90 Å². The van der Waals surface area contributed by atoms with Crippen LogP contribution in [0.1, 0.15) is 19.3 Å². The van der Waals surface area contributed by atoms with Crippen LogP contribution in [0.15, 0.2) is 0 Å². The normalized spacial score (nSPS) is 32.9. The van der Waals surface area contributed by atoms with Crippen molar-refractivity contribution in [3.63, 3.8) is 0 Å². The van der Waals surface area contributed by atoms with Crippen molar-refractivity contribution in [2.75, 3.05) is 19.6 Å². The average molecular weight is 223 g/mol. The molecule has 1 aliphatic carbocycles. The van der Waals surface area contributed by atoms with Crippen LogP contribution in [0.3, 0.4) is 0 Å². The monoisotopic (exact) mass is 222 g/mol. The first-order valence-electron chi connectivity index (χ1n) is 4.91. The summed E-state index contributed by atoms with van der Waals surface area (Å²) in [5.74, 6) is 0.130. The minimum atomic E-state index is -0.687. The molecule has 5 heteroatoms. The third kappa shape index (κ3) is 2.36. The van der Waals surface area contributed by atoms with Gasteiger partial charge in [-0.05, 0) is 19.3 Å². The number of hydrogen-bond donors (Lipinski definition) is 1. The second kappa shape index (κ2) is 4.94. The van der Waals surface area contributed by atoms with Crippen molar-refractivity contribution < 1.29 is 9.18 Å². The second-order valence-corrected chi connectivity index (χ2v) is 3.83. The third-order valence-electron chi connectivity index (χ3n) is 2.91. The number of alkyl halides is 1. The van der Waals surface area contributed by atoms with E-state index in [9.17, 15) is 9.18 Å². The van der Waals surface area contributed by atoms with E-state index >= 15 is 0 Å². The number of halogens is 2. The van der Waals surface area contributed by atoms with Crippen molar-refractivity contribution in [2.24, 2.45) is 0 Å². The molecule has 2 unspecified atom stereocenters. The smallest absolute Gasteiger partial charge is 0.236 e. The molecule has 0 spiro atoms. The van der Waals surface area contributed by atoms with E-state index in [-0.39, 0.29) is 24.4 Å². The van der Waals surface area contributed by atoms with Crippen LogP contribution in [0.4, 0.5) is 4.39 Å². The first-order chi connectivity index (χ1) is 6.27. The highest BCUT2D eigenvalue weighted by Gasteiger charge is 2.32. The number of carbonyl (C=O) groups excluding carboxylic acids is 1. The predicted octanol–water partition coefficient (Wildman–Crippen LogP) is 0.731. The summed E-state index contributed by atoms with van der Waals surface area (Å²) in [5, 5.41) is 3.01. The standard InChI is InChI=1S/C9H15FN2O.ClH/c10-7-1-2-8(5-7)12-4-3-11-6-9(12)13;/h7-8,11H,1-6H2;1H. The summed E-state index contributed by atoms with van der Waals surface area (Å²) in [6.45, 7) is 2.02. The Labute approximate surface area is 89.4 Å².